The van der Waals surface area contributed by atoms with Gasteiger partial charge in [0.25, 0.3) is 5.91 Å². The minimum Gasteiger partial charge on any atom is -0.372 e. The summed E-state index contributed by atoms with van der Waals surface area (Å²) >= 11 is 0. The van der Waals surface area contributed by atoms with Crippen molar-refractivity contribution in [2.75, 3.05) is 26.3 Å². The highest BCUT2D eigenvalue weighted by Gasteiger charge is 2.27. The molecule has 114 valence electrons. The van der Waals surface area contributed by atoms with Crippen LogP contribution in [0.25, 0.3) is 0 Å². The third-order valence-corrected chi connectivity index (χ3v) is 3.44. The number of aryl methyl sites for hydroxylation is 1. The molecule has 0 spiro atoms. The molecule has 1 saturated heterocycles. The van der Waals surface area contributed by atoms with Gasteiger partial charge in [0, 0.05) is 37.6 Å². The van der Waals surface area contributed by atoms with Crippen molar-refractivity contribution in [2.24, 2.45) is 0 Å². The number of carbonyl (C=O) groups is 2. The van der Waals surface area contributed by atoms with Gasteiger partial charge < -0.3 is 15.0 Å². The number of amides is 2. The summed E-state index contributed by atoms with van der Waals surface area (Å²) in [5, 5.41) is 2.89. The van der Waals surface area contributed by atoms with Crippen molar-refractivity contribution in [3.05, 3.63) is 29.6 Å². The largest absolute Gasteiger partial charge is 0.372 e. The van der Waals surface area contributed by atoms with Crippen LogP contribution in [0, 0.1) is 6.92 Å². The topological polar surface area (TPSA) is 71.5 Å². The molecule has 6 heteroatoms. The number of carbonyl (C=O) groups excluding carboxylic acids is 2. The summed E-state index contributed by atoms with van der Waals surface area (Å²) in [6, 6.07) is 3.61. The molecule has 0 aromatic carbocycles. The molecule has 2 rings (SSSR count). The average Bonchev–Trinajstić information content (AvgIpc) is 2.93. The van der Waals surface area contributed by atoms with Gasteiger partial charge in [0.2, 0.25) is 5.91 Å². The van der Waals surface area contributed by atoms with Crippen LogP contribution < -0.4 is 5.32 Å². The zero-order valence-corrected chi connectivity index (χ0v) is 12.5. The van der Waals surface area contributed by atoms with Gasteiger partial charge in [0.1, 0.15) is 6.61 Å². The molecule has 2 amide bonds. The van der Waals surface area contributed by atoms with Gasteiger partial charge in [-0.15, -0.1) is 0 Å². The molecule has 2 heterocycles. The highest BCUT2D eigenvalue weighted by molar-refractivity contribution is 5.94. The number of hydrogen-bond acceptors (Lipinski definition) is 4. The van der Waals surface area contributed by atoms with Gasteiger partial charge in [-0.3, -0.25) is 14.6 Å². The van der Waals surface area contributed by atoms with Crippen LogP contribution in [-0.2, 0) is 9.53 Å². The van der Waals surface area contributed by atoms with Crippen LogP contribution >= 0.6 is 0 Å². The summed E-state index contributed by atoms with van der Waals surface area (Å²) in [7, 11) is 0. The highest BCUT2D eigenvalue weighted by atomic mass is 16.5. The molecule has 0 radical (unpaired) electrons. The summed E-state index contributed by atoms with van der Waals surface area (Å²) in [5.74, 6) is -0.169. The second-order valence-corrected chi connectivity index (χ2v) is 5.13. The molecule has 1 aliphatic heterocycles. The van der Waals surface area contributed by atoms with E-state index in [1.54, 1.807) is 17.2 Å². The number of pyridine rings is 1. The van der Waals surface area contributed by atoms with Gasteiger partial charge in [-0.1, -0.05) is 0 Å². The van der Waals surface area contributed by atoms with Crippen LogP contribution in [0.4, 0.5) is 0 Å². The fourth-order valence-corrected chi connectivity index (χ4v) is 2.30. The van der Waals surface area contributed by atoms with E-state index in [0.717, 1.165) is 12.1 Å². The van der Waals surface area contributed by atoms with Crippen LogP contribution in [0.3, 0.4) is 0 Å². The van der Waals surface area contributed by atoms with Crippen molar-refractivity contribution in [3.8, 4) is 0 Å². The van der Waals surface area contributed by atoms with Gasteiger partial charge >= 0.3 is 0 Å². The van der Waals surface area contributed by atoms with Crippen molar-refractivity contribution >= 4 is 11.8 Å². The Balaban J connectivity index is 1.85. The van der Waals surface area contributed by atoms with E-state index in [4.69, 9.17) is 4.74 Å². The fraction of sp³-hybridized carbons (Fsp3) is 0.533. The van der Waals surface area contributed by atoms with Gasteiger partial charge in [0.15, 0.2) is 0 Å². The number of likely N-dealkylation sites (tertiary alicyclic amines) is 1. The zero-order valence-electron chi connectivity index (χ0n) is 12.5. The maximum atomic E-state index is 12.3. The SMILES string of the molecule is CCOCC(=O)N[C@@H]1CCN(C(=O)c2ccc(C)nc2)C1. The first kappa shape index (κ1) is 15.4. The first-order valence-corrected chi connectivity index (χ1v) is 7.19. The van der Waals surface area contributed by atoms with Gasteiger partial charge in [-0.25, -0.2) is 0 Å². The van der Waals surface area contributed by atoms with E-state index in [0.29, 0.717) is 25.3 Å². The normalized spacial score (nSPS) is 17.8. The number of ether oxygens (including phenoxy) is 1. The van der Waals surface area contributed by atoms with Crippen molar-refractivity contribution in [3.63, 3.8) is 0 Å². The van der Waals surface area contributed by atoms with E-state index in [-0.39, 0.29) is 24.5 Å². The molecule has 1 N–H and O–H groups in total. The maximum Gasteiger partial charge on any atom is 0.255 e. The van der Waals surface area contributed by atoms with Gasteiger partial charge in [-0.05, 0) is 32.4 Å². The maximum absolute atomic E-state index is 12.3. The Bertz CT molecular complexity index is 501. The molecule has 1 fully saturated rings. The minimum absolute atomic E-state index is 0.000290. The average molecular weight is 291 g/mol. The summed E-state index contributed by atoms with van der Waals surface area (Å²) in [4.78, 5) is 29.8. The number of hydrogen-bond donors (Lipinski definition) is 1. The molecule has 21 heavy (non-hydrogen) atoms. The highest BCUT2D eigenvalue weighted by Crippen LogP contribution is 2.13. The third kappa shape index (κ3) is 4.26. The first-order valence-electron chi connectivity index (χ1n) is 7.19. The number of nitrogens with one attached hydrogen (secondary N) is 1. The first-order chi connectivity index (χ1) is 10.1. The van der Waals surface area contributed by atoms with Crippen molar-refractivity contribution < 1.29 is 14.3 Å². The van der Waals surface area contributed by atoms with E-state index in [1.165, 1.54) is 0 Å². The van der Waals surface area contributed by atoms with Crippen molar-refractivity contribution in [1.29, 1.82) is 0 Å². The predicted molar refractivity (Wildman–Crippen MR) is 77.9 cm³/mol. The fourth-order valence-electron chi connectivity index (χ4n) is 2.30. The summed E-state index contributed by atoms with van der Waals surface area (Å²) in [5.41, 5.74) is 1.47. The molecule has 1 aromatic heterocycles. The quantitative estimate of drug-likeness (QED) is 0.869. The smallest absolute Gasteiger partial charge is 0.255 e. The van der Waals surface area contributed by atoms with Crippen molar-refractivity contribution in [1.82, 2.24) is 15.2 Å². The predicted octanol–water partition coefficient (Wildman–Crippen LogP) is 0.757. The molecular formula is C15H21N3O3. The molecule has 0 saturated carbocycles. The monoisotopic (exact) mass is 291 g/mol. The molecule has 1 aliphatic rings. The second-order valence-electron chi connectivity index (χ2n) is 5.13. The number of aromatic nitrogens is 1. The van der Waals surface area contributed by atoms with Crippen LogP contribution in [-0.4, -0.2) is 54.0 Å². The molecule has 1 atom stereocenters. The lowest BCUT2D eigenvalue weighted by Gasteiger charge is -2.17. The Hall–Kier alpha value is -1.95. The van der Waals surface area contributed by atoms with Crippen LogP contribution in [0.5, 0.6) is 0 Å². The van der Waals surface area contributed by atoms with E-state index in [1.807, 2.05) is 19.9 Å². The molecule has 1 aromatic rings. The molecule has 0 unspecified atom stereocenters. The van der Waals surface area contributed by atoms with E-state index < -0.39 is 0 Å². The Labute approximate surface area is 124 Å². The van der Waals surface area contributed by atoms with E-state index in [9.17, 15) is 9.59 Å². The standard InChI is InChI=1S/C15H21N3O3/c1-3-21-10-14(19)17-13-6-7-18(9-13)15(20)12-5-4-11(2)16-8-12/h4-5,8,13H,3,6-7,9-10H2,1-2H3,(H,17,19)/t13-/m1/s1. The lowest BCUT2D eigenvalue weighted by Crippen LogP contribution is -2.40. The van der Waals surface area contributed by atoms with Crippen LogP contribution in [0.2, 0.25) is 0 Å². The summed E-state index contributed by atoms with van der Waals surface area (Å²) in [6.45, 7) is 5.50. The molecule has 0 aliphatic carbocycles. The Morgan fingerprint density at radius 3 is 2.95 bits per heavy atom. The molecule has 6 nitrogen and oxygen atoms in total. The van der Waals surface area contributed by atoms with Crippen molar-refractivity contribution in [2.45, 2.75) is 26.3 Å². The molecular weight excluding hydrogens is 270 g/mol. The Morgan fingerprint density at radius 1 is 1.48 bits per heavy atom. The van der Waals surface area contributed by atoms with Crippen LogP contribution in [0.15, 0.2) is 18.3 Å². The summed E-state index contributed by atoms with van der Waals surface area (Å²) < 4.78 is 5.06. The van der Waals surface area contributed by atoms with E-state index >= 15 is 0 Å². The lowest BCUT2D eigenvalue weighted by atomic mass is 10.2. The zero-order chi connectivity index (χ0) is 15.2. The van der Waals surface area contributed by atoms with Crippen LogP contribution in [0.1, 0.15) is 29.4 Å². The summed E-state index contributed by atoms with van der Waals surface area (Å²) in [6.07, 6.45) is 2.36. The number of rotatable bonds is 5. The second kappa shape index (κ2) is 7.17. The van der Waals surface area contributed by atoms with Gasteiger partial charge in [0.05, 0.1) is 5.56 Å². The molecule has 0 bridgehead atoms. The minimum atomic E-state index is -0.131. The Kier molecular flexibility index (Phi) is 5.27. The van der Waals surface area contributed by atoms with Gasteiger partial charge in [-0.2, -0.15) is 0 Å². The van der Waals surface area contributed by atoms with E-state index in [2.05, 4.69) is 10.3 Å². The Morgan fingerprint density at radius 2 is 2.29 bits per heavy atom. The third-order valence-electron chi connectivity index (χ3n) is 3.44. The number of nitrogens with zero attached hydrogens (tertiary/aromatic N) is 2. The lowest BCUT2D eigenvalue weighted by molar-refractivity contribution is -0.126.